The van der Waals surface area contributed by atoms with E-state index in [4.69, 9.17) is 4.74 Å². The van der Waals surface area contributed by atoms with E-state index < -0.39 is 10.0 Å². The molecule has 0 aliphatic heterocycles. The maximum Gasteiger partial charge on any atom is 0.229 e. The van der Waals surface area contributed by atoms with Gasteiger partial charge in [0.05, 0.1) is 35.5 Å². The number of hydrogen-bond acceptors (Lipinski definition) is 6. The minimum atomic E-state index is -3.33. The van der Waals surface area contributed by atoms with Crippen LogP contribution in [0.25, 0.3) is 20.8 Å². The van der Waals surface area contributed by atoms with Crippen molar-refractivity contribution in [3.63, 3.8) is 0 Å². The lowest BCUT2D eigenvalue weighted by molar-refractivity contribution is 0.415. The van der Waals surface area contributed by atoms with Gasteiger partial charge < -0.3 is 4.74 Å². The molecule has 0 spiro atoms. The van der Waals surface area contributed by atoms with Gasteiger partial charge in [-0.2, -0.15) is 0 Å². The summed E-state index contributed by atoms with van der Waals surface area (Å²) in [5.74, 6) is 0.745. The first-order valence-electron chi connectivity index (χ1n) is 6.32. The van der Waals surface area contributed by atoms with Crippen molar-refractivity contribution in [1.82, 2.24) is 9.97 Å². The number of anilines is 1. The second-order valence-corrected chi connectivity index (χ2v) is 7.47. The highest BCUT2D eigenvalue weighted by atomic mass is 32.2. The van der Waals surface area contributed by atoms with Crippen LogP contribution >= 0.6 is 11.3 Å². The smallest absolute Gasteiger partial charge is 0.229 e. The number of fused-ring (bicyclic) bond motifs is 1. The maximum atomic E-state index is 11.3. The fraction of sp³-hybridized carbons (Fsp3) is 0.143. The van der Waals surface area contributed by atoms with Gasteiger partial charge >= 0.3 is 0 Å². The Morgan fingerprint density at radius 1 is 1.23 bits per heavy atom. The number of methoxy groups -OCH3 is 1. The maximum absolute atomic E-state index is 11.3. The highest BCUT2D eigenvalue weighted by Crippen LogP contribution is 2.32. The first kappa shape index (κ1) is 14.7. The minimum absolute atomic E-state index is 0.414. The topological polar surface area (TPSA) is 81.2 Å². The van der Waals surface area contributed by atoms with Crippen LogP contribution in [0.15, 0.2) is 36.7 Å². The zero-order valence-corrected chi connectivity index (χ0v) is 13.5. The highest BCUT2D eigenvalue weighted by molar-refractivity contribution is 7.92. The molecule has 3 rings (SSSR count). The van der Waals surface area contributed by atoms with Crippen LogP contribution in [0, 0.1) is 0 Å². The number of thiazole rings is 1. The molecule has 8 heteroatoms. The van der Waals surface area contributed by atoms with Crippen LogP contribution in [-0.2, 0) is 10.0 Å². The third-order valence-corrected chi connectivity index (χ3v) is 4.58. The number of hydrogen-bond donors (Lipinski definition) is 1. The Labute approximate surface area is 131 Å². The molecule has 2 heterocycles. The number of nitrogens with zero attached hydrogens (tertiary/aromatic N) is 2. The Morgan fingerprint density at radius 3 is 2.77 bits per heavy atom. The van der Waals surface area contributed by atoms with Gasteiger partial charge in [-0.1, -0.05) is 0 Å². The molecule has 0 saturated heterocycles. The summed E-state index contributed by atoms with van der Waals surface area (Å²) in [5.41, 5.74) is 2.01. The van der Waals surface area contributed by atoms with Crippen molar-refractivity contribution in [2.45, 2.75) is 0 Å². The van der Waals surface area contributed by atoms with Crippen molar-refractivity contribution >= 4 is 37.3 Å². The van der Waals surface area contributed by atoms with Crippen molar-refractivity contribution in [1.29, 1.82) is 0 Å². The number of pyridine rings is 1. The van der Waals surface area contributed by atoms with Crippen LogP contribution < -0.4 is 9.46 Å². The van der Waals surface area contributed by atoms with Crippen molar-refractivity contribution in [2.24, 2.45) is 0 Å². The van der Waals surface area contributed by atoms with Gasteiger partial charge in [0.1, 0.15) is 10.8 Å². The van der Waals surface area contributed by atoms with E-state index in [9.17, 15) is 8.42 Å². The molecule has 0 atom stereocenters. The van der Waals surface area contributed by atoms with Crippen molar-refractivity contribution in [3.05, 3.63) is 36.7 Å². The molecule has 2 aromatic heterocycles. The number of benzene rings is 1. The number of ether oxygens (including phenoxy) is 1. The minimum Gasteiger partial charge on any atom is -0.497 e. The van der Waals surface area contributed by atoms with Crippen molar-refractivity contribution < 1.29 is 13.2 Å². The van der Waals surface area contributed by atoms with Crippen LogP contribution in [0.3, 0.4) is 0 Å². The molecule has 0 amide bonds. The zero-order chi connectivity index (χ0) is 15.7. The molecule has 0 unspecified atom stereocenters. The fourth-order valence-electron chi connectivity index (χ4n) is 1.98. The van der Waals surface area contributed by atoms with E-state index in [0.29, 0.717) is 5.69 Å². The van der Waals surface area contributed by atoms with Crippen molar-refractivity contribution in [2.75, 3.05) is 18.1 Å². The Kier molecular flexibility index (Phi) is 3.71. The summed E-state index contributed by atoms with van der Waals surface area (Å²) >= 11 is 1.51. The van der Waals surface area contributed by atoms with E-state index in [0.717, 1.165) is 32.8 Å². The van der Waals surface area contributed by atoms with Gasteiger partial charge in [-0.25, -0.2) is 13.4 Å². The predicted octanol–water partition coefficient (Wildman–Crippen LogP) is 2.74. The molecule has 114 valence electrons. The Bertz CT molecular complexity index is 935. The van der Waals surface area contributed by atoms with E-state index in [2.05, 4.69) is 14.7 Å². The molecule has 3 aromatic rings. The van der Waals surface area contributed by atoms with E-state index in [1.165, 1.54) is 17.5 Å². The lowest BCUT2D eigenvalue weighted by Gasteiger charge is -2.04. The summed E-state index contributed by atoms with van der Waals surface area (Å²) in [6.45, 7) is 0. The average Bonchev–Trinajstić information content (AvgIpc) is 2.88. The summed E-state index contributed by atoms with van der Waals surface area (Å²) in [6, 6.07) is 7.40. The summed E-state index contributed by atoms with van der Waals surface area (Å²) in [6.07, 6.45) is 4.22. The Morgan fingerprint density at radius 2 is 2.05 bits per heavy atom. The molecule has 6 nitrogen and oxygen atoms in total. The number of nitrogens with one attached hydrogen (secondary N) is 1. The predicted molar refractivity (Wildman–Crippen MR) is 87.9 cm³/mol. The molecule has 0 fully saturated rings. The fourth-order valence-corrected chi connectivity index (χ4v) is 3.45. The van der Waals surface area contributed by atoms with Gasteiger partial charge in [-0.05, 0) is 18.2 Å². The van der Waals surface area contributed by atoms with Gasteiger partial charge in [0, 0.05) is 17.8 Å². The zero-order valence-electron chi connectivity index (χ0n) is 11.9. The first-order chi connectivity index (χ1) is 10.4. The molecule has 0 aliphatic carbocycles. The average molecular weight is 335 g/mol. The SMILES string of the molecule is COc1ccc2sc(-c3cncc(NS(C)(=O)=O)c3)nc2c1. The molecular weight excluding hydrogens is 322 g/mol. The molecule has 0 bridgehead atoms. The van der Waals surface area contributed by atoms with E-state index >= 15 is 0 Å². The quantitative estimate of drug-likeness (QED) is 0.793. The molecule has 1 aromatic carbocycles. The van der Waals surface area contributed by atoms with Gasteiger partial charge in [-0.3, -0.25) is 9.71 Å². The summed E-state index contributed by atoms with van der Waals surface area (Å²) < 4.78 is 31.2. The summed E-state index contributed by atoms with van der Waals surface area (Å²) in [7, 11) is -1.72. The largest absolute Gasteiger partial charge is 0.497 e. The van der Waals surface area contributed by atoms with E-state index in [-0.39, 0.29) is 0 Å². The number of sulfonamides is 1. The standard InChI is InChI=1S/C14H13N3O3S2/c1-20-11-3-4-13-12(6-11)16-14(21-13)9-5-10(8-15-7-9)17-22(2,18)19/h3-8,17H,1-2H3. The number of rotatable bonds is 4. The second-order valence-electron chi connectivity index (χ2n) is 4.69. The number of aromatic nitrogens is 2. The van der Waals surface area contributed by atoms with E-state index in [1.807, 2.05) is 18.2 Å². The van der Waals surface area contributed by atoms with E-state index in [1.54, 1.807) is 19.4 Å². The van der Waals surface area contributed by atoms with Crippen LogP contribution in [0.5, 0.6) is 5.75 Å². The monoisotopic (exact) mass is 335 g/mol. The molecule has 0 aliphatic rings. The first-order valence-corrected chi connectivity index (χ1v) is 9.03. The third-order valence-electron chi connectivity index (χ3n) is 2.88. The van der Waals surface area contributed by atoms with Crippen LogP contribution in [-0.4, -0.2) is 31.8 Å². The summed E-state index contributed by atoms with van der Waals surface area (Å²) in [5, 5.41) is 0.771. The lowest BCUT2D eigenvalue weighted by Crippen LogP contribution is -2.09. The van der Waals surface area contributed by atoms with Crippen LogP contribution in [0.4, 0.5) is 5.69 Å². The van der Waals surface area contributed by atoms with Crippen molar-refractivity contribution in [3.8, 4) is 16.3 Å². The van der Waals surface area contributed by atoms with Crippen LogP contribution in [0.1, 0.15) is 0 Å². The molecular formula is C14H13N3O3S2. The van der Waals surface area contributed by atoms with Gasteiger partial charge in [0.25, 0.3) is 0 Å². The van der Waals surface area contributed by atoms with Gasteiger partial charge in [0.2, 0.25) is 10.0 Å². The molecule has 0 radical (unpaired) electrons. The molecule has 0 saturated carbocycles. The summed E-state index contributed by atoms with van der Waals surface area (Å²) in [4.78, 5) is 8.61. The van der Waals surface area contributed by atoms with Crippen LogP contribution in [0.2, 0.25) is 0 Å². The highest BCUT2D eigenvalue weighted by Gasteiger charge is 2.09. The lowest BCUT2D eigenvalue weighted by atomic mass is 10.3. The second kappa shape index (κ2) is 5.54. The molecule has 1 N–H and O–H groups in total. The normalized spacial score (nSPS) is 11.5. The van der Waals surface area contributed by atoms with Gasteiger partial charge in [0.15, 0.2) is 0 Å². The van der Waals surface area contributed by atoms with Gasteiger partial charge in [-0.15, -0.1) is 11.3 Å². The Hall–Kier alpha value is -2.19. The Balaban J connectivity index is 2.02. The molecule has 22 heavy (non-hydrogen) atoms. The third kappa shape index (κ3) is 3.18.